The van der Waals surface area contributed by atoms with Gasteiger partial charge in [-0.1, -0.05) is 0 Å². The number of aromatic hydroxyl groups is 1. The fraction of sp³-hybridized carbons (Fsp3) is 0.381. The number of phenols is 1. The molecule has 2 aliphatic rings. The highest BCUT2D eigenvalue weighted by Crippen LogP contribution is 2.42. The Morgan fingerprint density at radius 1 is 1.04 bits per heavy atom. The number of aliphatic hydroxyl groups is 1. The zero-order valence-corrected chi connectivity index (χ0v) is 15.4. The number of hydrogen-bond acceptors (Lipinski definition) is 7. The van der Waals surface area contributed by atoms with Crippen LogP contribution in [0.2, 0.25) is 0 Å². The van der Waals surface area contributed by atoms with E-state index in [9.17, 15) is 10.2 Å². The van der Waals surface area contributed by atoms with Gasteiger partial charge in [0.05, 0.1) is 12.7 Å². The fourth-order valence-electron chi connectivity index (χ4n) is 4.17. The summed E-state index contributed by atoms with van der Waals surface area (Å²) in [6.45, 7) is 0.585. The number of pyridine rings is 1. The van der Waals surface area contributed by atoms with Crippen LogP contribution in [0.4, 0.5) is 5.82 Å². The van der Waals surface area contributed by atoms with Crippen molar-refractivity contribution in [2.75, 3.05) is 11.9 Å². The van der Waals surface area contributed by atoms with E-state index >= 15 is 0 Å². The van der Waals surface area contributed by atoms with E-state index in [1.807, 2.05) is 18.2 Å². The molecule has 0 spiro atoms. The third-order valence-corrected chi connectivity index (χ3v) is 5.72. The van der Waals surface area contributed by atoms with Crippen molar-refractivity contribution in [1.82, 2.24) is 15.2 Å². The number of phenolic OH excluding ortho intramolecular Hbond substituents is 1. The van der Waals surface area contributed by atoms with Crippen molar-refractivity contribution < 1.29 is 14.9 Å². The van der Waals surface area contributed by atoms with E-state index in [4.69, 9.17) is 4.74 Å². The number of ether oxygens (including phenoxy) is 1. The van der Waals surface area contributed by atoms with Gasteiger partial charge < -0.3 is 20.3 Å². The molecule has 0 bridgehead atoms. The Morgan fingerprint density at radius 3 is 2.75 bits per heavy atom. The summed E-state index contributed by atoms with van der Waals surface area (Å²) in [6.07, 6.45) is 7.39. The topological polar surface area (TPSA) is 100 Å². The molecule has 3 heterocycles. The number of fused-ring (bicyclic) bond motifs is 2. The molecule has 3 N–H and O–H groups in total. The number of anilines is 1. The molecular formula is C21H22N4O3. The van der Waals surface area contributed by atoms with E-state index in [0.29, 0.717) is 30.1 Å². The lowest BCUT2D eigenvalue weighted by Gasteiger charge is -2.26. The number of aromatic nitrogens is 3. The van der Waals surface area contributed by atoms with Crippen LogP contribution < -0.4 is 10.1 Å². The third kappa shape index (κ3) is 2.92. The molecule has 1 saturated carbocycles. The first kappa shape index (κ1) is 17.2. The van der Waals surface area contributed by atoms with Crippen molar-refractivity contribution >= 4 is 16.6 Å². The van der Waals surface area contributed by atoms with Crippen LogP contribution in [-0.2, 0) is 6.42 Å². The van der Waals surface area contributed by atoms with Crippen LogP contribution in [0.15, 0.2) is 30.6 Å². The van der Waals surface area contributed by atoms with Gasteiger partial charge in [0.15, 0.2) is 5.82 Å². The lowest BCUT2D eigenvalue weighted by Crippen LogP contribution is -2.28. The first-order valence-electron chi connectivity index (χ1n) is 9.73. The Balaban J connectivity index is 1.55. The van der Waals surface area contributed by atoms with Crippen molar-refractivity contribution in [3.63, 3.8) is 0 Å². The maximum absolute atomic E-state index is 10.8. The van der Waals surface area contributed by atoms with E-state index in [0.717, 1.165) is 47.8 Å². The molecule has 5 rings (SSSR count). The molecule has 0 atom stereocenters. The number of nitrogens with zero attached hydrogens (tertiary/aromatic N) is 3. The van der Waals surface area contributed by atoms with Gasteiger partial charge in [-0.05, 0) is 43.9 Å². The van der Waals surface area contributed by atoms with Gasteiger partial charge in [-0.25, -0.2) is 0 Å². The smallest absolute Gasteiger partial charge is 0.158 e. The maximum Gasteiger partial charge on any atom is 0.158 e. The molecule has 0 radical (unpaired) electrons. The average molecular weight is 378 g/mol. The monoisotopic (exact) mass is 378 g/mol. The standard InChI is InChI=1S/C21H22N4O3/c26-13-3-1-12(2-4-13)23-21-17-11-22-9-7-14(17)19(24-25-21)16-5-6-18-15(20(16)27)8-10-28-18/h5-7,9,11-13,26-27H,1-4,8,10H2,(H,23,25)/t12-,13-. The molecule has 3 aromatic rings. The number of aliphatic hydroxyl groups excluding tert-OH is 1. The van der Waals surface area contributed by atoms with E-state index in [1.165, 1.54) is 0 Å². The Bertz CT molecular complexity index is 1030. The van der Waals surface area contributed by atoms with Crippen molar-refractivity contribution in [3.05, 3.63) is 36.2 Å². The molecule has 2 aromatic heterocycles. The van der Waals surface area contributed by atoms with Gasteiger partial charge in [-0.15, -0.1) is 10.2 Å². The van der Waals surface area contributed by atoms with Gasteiger partial charge in [0.25, 0.3) is 0 Å². The zero-order chi connectivity index (χ0) is 19.1. The predicted molar refractivity (Wildman–Crippen MR) is 106 cm³/mol. The molecule has 1 fully saturated rings. The Hall–Kier alpha value is -2.93. The van der Waals surface area contributed by atoms with Crippen molar-refractivity contribution in [3.8, 4) is 22.8 Å². The quantitative estimate of drug-likeness (QED) is 0.644. The van der Waals surface area contributed by atoms with E-state index < -0.39 is 0 Å². The summed E-state index contributed by atoms with van der Waals surface area (Å²) in [5.41, 5.74) is 2.11. The summed E-state index contributed by atoms with van der Waals surface area (Å²) in [5, 5.41) is 34.6. The summed E-state index contributed by atoms with van der Waals surface area (Å²) in [4.78, 5) is 4.26. The number of rotatable bonds is 3. The fourth-order valence-corrected chi connectivity index (χ4v) is 4.17. The molecule has 28 heavy (non-hydrogen) atoms. The number of nitrogens with one attached hydrogen (secondary N) is 1. The summed E-state index contributed by atoms with van der Waals surface area (Å²) in [5.74, 6) is 1.64. The summed E-state index contributed by atoms with van der Waals surface area (Å²) in [6, 6.07) is 5.88. The highest BCUT2D eigenvalue weighted by molar-refractivity contribution is 6.00. The zero-order valence-electron chi connectivity index (χ0n) is 15.4. The third-order valence-electron chi connectivity index (χ3n) is 5.72. The van der Waals surface area contributed by atoms with Crippen molar-refractivity contribution in [2.24, 2.45) is 0 Å². The predicted octanol–water partition coefficient (Wildman–Crippen LogP) is 3.05. The van der Waals surface area contributed by atoms with E-state index in [-0.39, 0.29) is 17.9 Å². The van der Waals surface area contributed by atoms with Crippen molar-refractivity contribution in [2.45, 2.75) is 44.2 Å². The first-order chi connectivity index (χ1) is 13.7. The highest BCUT2D eigenvalue weighted by atomic mass is 16.5. The van der Waals surface area contributed by atoms with Gasteiger partial charge in [0.2, 0.25) is 0 Å². The highest BCUT2D eigenvalue weighted by Gasteiger charge is 2.24. The van der Waals surface area contributed by atoms with Crippen LogP contribution >= 0.6 is 0 Å². The number of benzene rings is 1. The summed E-state index contributed by atoms with van der Waals surface area (Å²) >= 11 is 0. The summed E-state index contributed by atoms with van der Waals surface area (Å²) < 4.78 is 5.54. The van der Waals surface area contributed by atoms with Crippen LogP contribution in [0.25, 0.3) is 22.0 Å². The SMILES string of the molecule is Oc1c(-c2nnc(N[C@H]3CC[C@H](O)CC3)c3cnccc23)ccc2c1CCO2. The molecule has 1 aliphatic heterocycles. The van der Waals surface area contributed by atoms with Gasteiger partial charge in [-0.2, -0.15) is 0 Å². The largest absolute Gasteiger partial charge is 0.507 e. The second-order valence-electron chi connectivity index (χ2n) is 7.51. The van der Waals surface area contributed by atoms with Crippen LogP contribution in [0.3, 0.4) is 0 Å². The Kier molecular flexibility index (Phi) is 4.24. The van der Waals surface area contributed by atoms with Gasteiger partial charge in [-0.3, -0.25) is 4.98 Å². The number of hydrogen-bond donors (Lipinski definition) is 3. The van der Waals surface area contributed by atoms with E-state index in [1.54, 1.807) is 12.4 Å². The van der Waals surface area contributed by atoms with Gasteiger partial charge in [0.1, 0.15) is 17.2 Å². The minimum Gasteiger partial charge on any atom is -0.507 e. The molecule has 0 saturated heterocycles. The molecule has 7 nitrogen and oxygen atoms in total. The van der Waals surface area contributed by atoms with Crippen molar-refractivity contribution in [1.29, 1.82) is 0 Å². The Morgan fingerprint density at radius 2 is 1.89 bits per heavy atom. The maximum atomic E-state index is 10.8. The van der Waals surface area contributed by atoms with Crippen LogP contribution in [0.1, 0.15) is 31.2 Å². The lowest BCUT2D eigenvalue weighted by molar-refractivity contribution is 0.126. The summed E-state index contributed by atoms with van der Waals surface area (Å²) in [7, 11) is 0. The van der Waals surface area contributed by atoms with E-state index in [2.05, 4.69) is 20.5 Å². The molecular weight excluding hydrogens is 356 g/mol. The molecule has 7 heteroatoms. The van der Waals surface area contributed by atoms with Gasteiger partial charge >= 0.3 is 0 Å². The van der Waals surface area contributed by atoms with Crippen LogP contribution in [0, 0.1) is 0 Å². The Labute approximate surface area is 162 Å². The first-order valence-corrected chi connectivity index (χ1v) is 9.73. The average Bonchev–Trinajstić information content (AvgIpc) is 3.20. The minimum atomic E-state index is -0.198. The lowest BCUT2D eigenvalue weighted by atomic mass is 9.93. The molecule has 1 aliphatic carbocycles. The second kappa shape index (κ2) is 6.91. The molecule has 0 amide bonds. The molecule has 0 unspecified atom stereocenters. The minimum absolute atomic E-state index is 0.198. The van der Waals surface area contributed by atoms with Crippen LogP contribution in [-0.4, -0.2) is 44.1 Å². The van der Waals surface area contributed by atoms with Crippen LogP contribution in [0.5, 0.6) is 11.5 Å². The van der Waals surface area contributed by atoms with Gasteiger partial charge in [0, 0.05) is 46.8 Å². The molecule has 144 valence electrons. The second-order valence-corrected chi connectivity index (χ2v) is 7.51. The molecule has 1 aromatic carbocycles. The normalized spacial score (nSPS) is 21.3.